The summed E-state index contributed by atoms with van der Waals surface area (Å²) < 4.78 is 40.7. The molecule has 0 amide bonds. The van der Waals surface area contributed by atoms with Crippen molar-refractivity contribution in [3.05, 3.63) is 29.6 Å². The van der Waals surface area contributed by atoms with Crippen LogP contribution < -0.4 is 10.5 Å². The third-order valence-electron chi connectivity index (χ3n) is 1.80. The van der Waals surface area contributed by atoms with Gasteiger partial charge in [0.05, 0.1) is 0 Å². The highest BCUT2D eigenvalue weighted by molar-refractivity contribution is 5.75. The number of hydrogen-bond donors (Lipinski definition) is 2. The highest BCUT2D eigenvalue weighted by atomic mass is 19.3. The summed E-state index contributed by atoms with van der Waals surface area (Å²) in [5, 5.41) is 8.53. The zero-order valence-electron chi connectivity index (χ0n) is 7.86. The van der Waals surface area contributed by atoms with Gasteiger partial charge in [0, 0.05) is 11.6 Å². The smallest absolute Gasteiger partial charge is 0.387 e. The zero-order valence-corrected chi connectivity index (χ0v) is 7.86. The second-order valence-electron chi connectivity index (χ2n) is 2.88. The number of nitrogens with two attached hydrogens (primary N) is 1. The van der Waals surface area contributed by atoms with Crippen LogP contribution >= 0.6 is 0 Å². The van der Waals surface area contributed by atoms with Crippen molar-refractivity contribution in [1.82, 2.24) is 0 Å². The molecule has 1 rings (SSSR count). The molecule has 88 valence electrons. The maximum Gasteiger partial charge on any atom is 0.387 e. The lowest BCUT2D eigenvalue weighted by Crippen LogP contribution is -2.21. The number of hydrogen-bond acceptors (Lipinski definition) is 3. The van der Waals surface area contributed by atoms with Gasteiger partial charge < -0.3 is 15.6 Å². The van der Waals surface area contributed by atoms with Crippen molar-refractivity contribution in [3.63, 3.8) is 0 Å². The quantitative estimate of drug-likeness (QED) is 0.829. The fourth-order valence-corrected chi connectivity index (χ4v) is 1.07. The lowest BCUT2D eigenvalue weighted by Gasteiger charge is -2.10. The molecule has 3 N–H and O–H groups in total. The molecule has 1 unspecified atom stereocenters. The van der Waals surface area contributed by atoms with Gasteiger partial charge in [-0.15, -0.1) is 0 Å². The Balaban J connectivity index is 2.95. The van der Waals surface area contributed by atoms with Crippen molar-refractivity contribution in [2.45, 2.75) is 12.7 Å². The van der Waals surface area contributed by atoms with E-state index in [1.165, 1.54) is 0 Å². The Bertz CT molecular complexity index is 398. The molecule has 0 fully saturated rings. The Morgan fingerprint density at radius 3 is 2.50 bits per heavy atom. The fourth-order valence-electron chi connectivity index (χ4n) is 1.07. The molecule has 0 aromatic heterocycles. The van der Waals surface area contributed by atoms with Gasteiger partial charge in [-0.3, -0.25) is 4.79 Å². The number of carboxylic acids is 1. The molecule has 7 heteroatoms. The highest BCUT2D eigenvalue weighted by Crippen LogP contribution is 2.22. The number of halogens is 3. The summed E-state index contributed by atoms with van der Waals surface area (Å²) in [5.41, 5.74) is 4.86. The Morgan fingerprint density at radius 1 is 1.44 bits per heavy atom. The number of aliphatic carboxylic acids is 1. The molecule has 1 atom stereocenters. The maximum absolute atomic E-state index is 13.2. The molecule has 1 aromatic carbocycles. The van der Waals surface area contributed by atoms with E-state index < -0.39 is 30.2 Å². The van der Waals surface area contributed by atoms with Crippen molar-refractivity contribution < 1.29 is 27.8 Å². The van der Waals surface area contributed by atoms with Gasteiger partial charge in [0.1, 0.15) is 17.6 Å². The molecule has 0 bridgehead atoms. The summed E-state index contributed by atoms with van der Waals surface area (Å²) in [7, 11) is 0. The molecular formula is C9H8F3NO3. The number of carbonyl (C=O) groups is 1. The van der Waals surface area contributed by atoms with Crippen molar-refractivity contribution >= 4 is 5.97 Å². The number of carboxylic acid groups (broad SMARTS) is 1. The van der Waals surface area contributed by atoms with E-state index in [0.717, 1.165) is 12.1 Å². The summed E-state index contributed by atoms with van der Waals surface area (Å²) in [6.45, 7) is -3.07. The third-order valence-corrected chi connectivity index (χ3v) is 1.80. The molecule has 0 saturated carbocycles. The molecule has 16 heavy (non-hydrogen) atoms. The first-order chi connectivity index (χ1) is 7.41. The maximum atomic E-state index is 13.2. The predicted molar refractivity (Wildman–Crippen MR) is 47.6 cm³/mol. The van der Waals surface area contributed by atoms with Crippen LogP contribution in [0.5, 0.6) is 5.75 Å². The molecular weight excluding hydrogens is 227 g/mol. The van der Waals surface area contributed by atoms with E-state index in [1.807, 2.05) is 0 Å². The first kappa shape index (κ1) is 12.3. The van der Waals surface area contributed by atoms with Crippen LogP contribution in [-0.2, 0) is 4.79 Å². The number of ether oxygens (including phenoxy) is 1. The summed E-state index contributed by atoms with van der Waals surface area (Å²) in [6, 6.07) is 1.13. The molecule has 0 aliphatic heterocycles. The van der Waals surface area contributed by atoms with Gasteiger partial charge in [-0.1, -0.05) is 6.07 Å². The minimum atomic E-state index is -3.07. The van der Waals surface area contributed by atoms with Crippen molar-refractivity contribution in [3.8, 4) is 5.75 Å². The lowest BCUT2D eigenvalue weighted by molar-refractivity contribution is -0.138. The Hall–Kier alpha value is -1.76. The van der Waals surface area contributed by atoms with Gasteiger partial charge in [-0.05, 0) is 6.07 Å². The molecule has 1 aromatic rings. The van der Waals surface area contributed by atoms with Gasteiger partial charge in [0.2, 0.25) is 0 Å². The number of rotatable bonds is 4. The molecule has 0 saturated heterocycles. The van der Waals surface area contributed by atoms with Crippen molar-refractivity contribution in [1.29, 1.82) is 0 Å². The summed E-state index contributed by atoms with van der Waals surface area (Å²) in [5.74, 6) is -2.82. The SMILES string of the molecule is NC(C(=O)O)c1ccc(OC(F)F)cc1F. The van der Waals surface area contributed by atoms with E-state index >= 15 is 0 Å². The highest BCUT2D eigenvalue weighted by Gasteiger charge is 2.19. The zero-order chi connectivity index (χ0) is 12.3. The standard InChI is InChI=1S/C9H8F3NO3/c10-6-3-4(16-9(11)12)1-2-5(6)7(13)8(14)15/h1-3,7,9H,13H2,(H,14,15). The van der Waals surface area contributed by atoms with Crippen LogP contribution in [0, 0.1) is 5.82 Å². The van der Waals surface area contributed by atoms with Crippen LogP contribution in [0.15, 0.2) is 18.2 Å². The van der Waals surface area contributed by atoms with E-state index in [-0.39, 0.29) is 5.56 Å². The Kier molecular flexibility index (Phi) is 3.73. The summed E-state index contributed by atoms with van der Waals surface area (Å²) >= 11 is 0. The van der Waals surface area contributed by atoms with Gasteiger partial charge in [0.15, 0.2) is 0 Å². The van der Waals surface area contributed by atoms with Gasteiger partial charge in [-0.2, -0.15) is 8.78 Å². The first-order valence-corrected chi connectivity index (χ1v) is 4.14. The van der Waals surface area contributed by atoms with E-state index in [2.05, 4.69) is 4.74 Å². The van der Waals surface area contributed by atoms with Crippen LogP contribution in [0.3, 0.4) is 0 Å². The predicted octanol–water partition coefficient (Wildman–Crippen LogP) is 1.51. The van der Waals surface area contributed by atoms with Crippen LogP contribution in [0.2, 0.25) is 0 Å². The van der Waals surface area contributed by atoms with Gasteiger partial charge in [-0.25, -0.2) is 4.39 Å². The average Bonchev–Trinajstić information content (AvgIpc) is 2.15. The lowest BCUT2D eigenvalue weighted by atomic mass is 10.1. The van der Waals surface area contributed by atoms with Crippen LogP contribution in [0.25, 0.3) is 0 Å². The number of benzene rings is 1. The van der Waals surface area contributed by atoms with Gasteiger partial charge in [0.25, 0.3) is 0 Å². The van der Waals surface area contributed by atoms with E-state index in [9.17, 15) is 18.0 Å². The largest absolute Gasteiger partial charge is 0.480 e. The van der Waals surface area contributed by atoms with E-state index in [1.54, 1.807) is 0 Å². The van der Waals surface area contributed by atoms with Crippen LogP contribution in [0.1, 0.15) is 11.6 Å². The summed E-state index contributed by atoms with van der Waals surface area (Å²) in [4.78, 5) is 10.5. The normalized spacial score (nSPS) is 12.6. The number of alkyl halides is 2. The molecule has 0 heterocycles. The van der Waals surface area contributed by atoms with Crippen molar-refractivity contribution in [2.75, 3.05) is 0 Å². The minimum Gasteiger partial charge on any atom is -0.480 e. The third kappa shape index (κ3) is 2.86. The topological polar surface area (TPSA) is 72.6 Å². The Labute approximate surface area is 88.4 Å². The summed E-state index contributed by atoms with van der Waals surface area (Å²) in [6.07, 6.45) is 0. The van der Waals surface area contributed by atoms with Crippen LogP contribution in [-0.4, -0.2) is 17.7 Å². The second-order valence-corrected chi connectivity index (χ2v) is 2.88. The molecule has 0 aliphatic carbocycles. The monoisotopic (exact) mass is 235 g/mol. The van der Waals surface area contributed by atoms with Crippen LogP contribution in [0.4, 0.5) is 13.2 Å². The van der Waals surface area contributed by atoms with E-state index in [4.69, 9.17) is 10.8 Å². The first-order valence-electron chi connectivity index (χ1n) is 4.14. The average molecular weight is 235 g/mol. The Morgan fingerprint density at radius 2 is 2.06 bits per heavy atom. The molecule has 0 aliphatic rings. The van der Waals surface area contributed by atoms with Crippen molar-refractivity contribution in [2.24, 2.45) is 5.73 Å². The molecule has 4 nitrogen and oxygen atoms in total. The van der Waals surface area contributed by atoms with Gasteiger partial charge >= 0.3 is 12.6 Å². The molecule has 0 radical (unpaired) electrons. The van der Waals surface area contributed by atoms with E-state index in [0.29, 0.717) is 6.07 Å². The second kappa shape index (κ2) is 4.84. The fraction of sp³-hybridized carbons (Fsp3) is 0.222. The molecule has 0 spiro atoms. The minimum absolute atomic E-state index is 0.297.